The van der Waals surface area contributed by atoms with Crippen LogP contribution in [0.3, 0.4) is 0 Å². The van der Waals surface area contributed by atoms with Gasteiger partial charge in [-0.2, -0.15) is 0 Å². The summed E-state index contributed by atoms with van der Waals surface area (Å²) in [6.45, 7) is 3.64. The lowest BCUT2D eigenvalue weighted by atomic mass is 9.84. The van der Waals surface area contributed by atoms with Crippen molar-refractivity contribution < 1.29 is 19.1 Å². The van der Waals surface area contributed by atoms with Gasteiger partial charge in [0.2, 0.25) is 0 Å². The van der Waals surface area contributed by atoms with Crippen molar-refractivity contribution in [2.75, 3.05) is 40.5 Å². The third-order valence-electron chi connectivity index (χ3n) is 5.41. The molecule has 1 N–H and O–H groups in total. The lowest BCUT2D eigenvalue weighted by Gasteiger charge is -2.29. The van der Waals surface area contributed by atoms with Crippen molar-refractivity contribution in [3.8, 4) is 0 Å². The molecule has 2 saturated carbocycles. The number of hydrogen-bond acceptors (Lipinski definition) is 4. The van der Waals surface area contributed by atoms with Gasteiger partial charge in [0.05, 0.1) is 13.2 Å². The fraction of sp³-hybridized carbons (Fsp3) is 0.882. The number of nitrogens with one attached hydrogen (secondary N) is 1. The summed E-state index contributed by atoms with van der Waals surface area (Å²) in [6.07, 6.45) is 5.10. The molecule has 2 aliphatic rings. The third-order valence-corrected chi connectivity index (χ3v) is 5.41. The van der Waals surface area contributed by atoms with Crippen molar-refractivity contribution in [2.24, 2.45) is 17.8 Å². The summed E-state index contributed by atoms with van der Waals surface area (Å²) in [5.41, 5.74) is 0. The fourth-order valence-corrected chi connectivity index (χ4v) is 4.14. The van der Waals surface area contributed by atoms with E-state index >= 15 is 0 Å². The molecule has 2 bridgehead atoms. The average Bonchev–Trinajstić information content (AvgIpc) is 3.17. The number of fused-ring (bicyclic) bond motifs is 2. The van der Waals surface area contributed by atoms with E-state index in [0.717, 1.165) is 11.8 Å². The smallest absolute Gasteiger partial charge is 0.312 e. The van der Waals surface area contributed by atoms with Gasteiger partial charge in [-0.3, -0.25) is 9.59 Å². The zero-order chi connectivity index (χ0) is 16.8. The van der Waals surface area contributed by atoms with E-state index in [4.69, 9.17) is 9.47 Å². The predicted molar refractivity (Wildman–Crippen MR) is 86.9 cm³/mol. The number of carbonyl (C=O) groups is 2. The molecule has 23 heavy (non-hydrogen) atoms. The quantitative estimate of drug-likeness (QED) is 0.677. The minimum Gasteiger partial charge on any atom is -0.383 e. The van der Waals surface area contributed by atoms with E-state index < -0.39 is 11.8 Å². The van der Waals surface area contributed by atoms with Crippen molar-refractivity contribution >= 4 is 11.8 Å². The summed E-state index contributed by atoms with van der Waals surface area (Å²) in [5, 5.41) is 2.93. The van der Waals surface area contributed by atoms with Crippen molar-refractivity contribution in [2.45, 2.75) is 38.6 Å². The zero-order valence-corrected chi connectivity index (χ0v) is 14.5. The fourth-order valence-electron chi connectivity index (χ4n) is 4.14. The molecule has 2 aliphatic carbocycles. The Hall–Kier alpha value is -1.14. The van der Waals surface area contributed by atoms with Gasteiger partial charge >= 0.3 is 11.8 Å². The SMILES string of the molecule is COCCN(CCOC)C(=O)C(=O)NC(C)C1CC2CCC1C2. The molecule has 0 saturated heterocycles. The van der Waals surface area contributed by atoms with Gasteiger partial charge in [0.1, 0.15) is 0 Å². The van der Waals surface area contributed by atoms with E-state index in [1.807, 2.05) is 6.92 Å². The Labute approximate surface area is 138 Å². The Morgan fingerprint density at radius 2 is 1.78 bits per heavy atom. The second kappa shape index (κ2) is 8.64. The maximum absolute atomic E-state index is 12.4. The molecular weight excluding hydrogens is 296 g/mol. The van der Waals surface area contributed by atoms with Crippen LogP contribution in [-0.2, 0) is 19.1 Å². The third kappa shape index (κ3) is 4.67. The zero-order valence-electron chi connectivity index (χ0n) is 14.5. The monoisotopic (exact) mass is 326 g/mol. The molecule has 2 amide bonds. The molecule has 0 aromatic rings. The van der Waals surface area contributed by atoms with E-state index in [0.29, 0.717) is 32.2 Å². The first kappa shape index (κ1) is 18.2. The highest BCUT2D eigenvalue weighted by atomic mass is 16.5. The van der Waals surface area contributed by atoms with Gasteiger partial charge in [0.25, 0.3) is 0 Å². The van der Waals surface area contributed by atoms with Crippen molar-refractivity contribution in [3.05, 3.63) is 0 Å². The van der Waals surface area contributed by atoms with Crippen LogP contribution in [0.25, 0.3) is 0 Å². The summed E-state index contributed by atoms with van der Waals surface area (Å²) >= 11 is 0. The van der Waals surface area contributed by atoms with Gasteiger partial charge in [-0.15, -0.1) is 0 Å². The van der Waals surface area contributed by atoms with Gasteiger partial charge in [0.15, 0.2) is 0 Å². The first-order chi connectivity index (χ1) is 11.1. The number of amides is 2. The summed E-state index contributed by atoms with van der Waals surface area (Å²) < 4.78 is 10.0. The molecule has 0 aromatic carbocycles. The topological polar surface area (TPSA) is 67.9 Å². The van der Waals surface area contributed by atoms with Crippen LogP contribution in [0.1, 0.15) is 32.6 Å². The van der Waals surface area contributed by atoms with Gasteiger partial charge in [-0.25, -0.2) is 0 Å². The van der Waals surface area contributed by atoms with Gasteiger partial charge < -0.3 is 19.7 Å². The molecule has 132 valence electrons. The predicted octanol–water partition coefficient (Wildman–Crippen LogP) is 1.05. The molecule has 4 unspecified atom stereocenters. The Balaban J connectivity index is 1.85. The summed E-state index contributed by atoms with van der Waals surface area (Å²) in [7, 11) is 3.16. The molecule has 0 aromatic heterocycles. The van der Waals surface area contributed by atoms with E-state index in [1.54, 1.807) is 14.2 Å². The second-order valence-electron chi connectivity index (χ2n) is 6.88. The molecule has 0 radical (unpaired) electrons. The van der Waals surface area contributed by atoms with Crippen LogP contribution >= 0.6 is 0 Å². The maximum Gasteiger partial charge on any atom is 0.312 e. The number of hydrogen-bond donors (Lipinski definition) is 1. The molecule has 6 heteroatoms. The van der Waals surface area contributed by atoms with Crippen LogP contribution in [-0.4, -0.2) is 63.3 Å². The summed E-state index contributed by atoms with van der Waals surface area (Å²) in [6, 6.07) is 0.0634. The number of nitrogens with zero attached hydrogens (tertiary/aromatic N) is 1. The maximum atomic E-state index is 12.4. The highest BCUT2D eigenvalue weighted by Gasteiger charge is 2.42. The lowest BCUT2D eigenvalue weighted by molar-refractivity contribution is -0.147. The van der Waals surface area contributed by atoms with Crippen molar-refractivity contribution in [1.29, 1.82) is 0 Å². The Kier molecular flexibility index (Phi) is 6.84. The highest BCUT2D eigenvalue weighted by Crippen LogP contribution is 2.49. The Bertz CT molecular complexity index is 407. The lowest BCUT2D eigenvalue weighted by Crippen LogP contribution is -2.49. The van der Waals surface area contributed by atoms with Gasteiger partial charge in [0, 0.05) is 33.4 Å². The Morgan fingerprint density at radius 1 is 1.13 bits per heavy atom. The standard InChI is InChI=1S/C17H30N2O4/c1-12(15-11-13-4-5-14(15)10-13)18-16(20)17(21)19(6-8-22-2)7-9-23-3/h12-15H,4-11H2,1-3H3,(H,18,20). The first-order valence-electron chi connectivity index (χ1n) is 8.64. The molecule has 0 spiro atoms. The first-order valence-corrected chi connectivity index (χ1v) is 8.64. The molecular formula is C17H30N2O4. The van der Waals surface area contributed by atoms with Crippen LogP contribution in [0.15, 0.2) is 0 Å². The molecule has 2 fully saturated rings. The number of carbonyl (C=O) groups excluding carboxylic acids is 2. The summed E-state index contributed by atoms with van der Waals surface area (Å²) in [4.78, 5) is 26.2. The molecule has 0 aliphatic heterocycles. The minimum absolute atomic E-state index is 0.0634. The normalized spacial score (nSPS) is 27.0. The van der Waals surface area contributed by atoms with Crippen molar-refractivity contribution in [3.63, 3.8) is 0 Å². The van der Waals surface area contributed by atoms with E-state index in [9.17, 15) is 9.59 Å². The number of methoxy groups -OCH3 is 2. The minimum atomic E-state index is -0.507. The molecule has 0 heterocycles. The highest BCUT2D eigenvalue weighted by molar-refractivity contribution is 6.35. The van der Waals surface area contributed by atoms with Crippen molar-refractivity contribution in [1.82, 2.24) is 10.2 Å². The summed E-state index contributed by atoms with van der Waals surface area (Å²) in [5.74, 6) is 1.09. The van der Waals surface area contributed by atoms with Crippen LogP contribution in [0.4, 0.5) is 0 Å². The molecule has 4 atom stereocenters. The van der Waals surface area contributed by atoms with E-state index in [2.05, 4.69) is 5.32 Å². The Morgan fingerprint density at radius 3 is 2.26 bits per heavy atom. The molecule has 6 nitrogen and oxygen atoms in total. The van der Waals surface area contributed by atoms with Crippen LogP contribution in [0.2, 0.25) is 0 Å². The van der Waals surface area contributed by atoms with Gasteiger partial charge in [-0.05, 0) is 43.9 Å². The second-order valence-corrected chi connectivity index (χ2v) is 6.88. The van der Waals surface area contributed by atoms with Crippen LogP contribution < -0.4 is 5.32 Å². The van der Waals surface area contributed by atoms with Crippen LogP contribution in [0, 0.1) is 17.8 Å². The number of rotatable bonds is 8. The van der Waals surface area contributed by atoms with Crippen LogP contribution in [0.5, 0.6) is 0 Å². The van der Waals surface area contributed by atoms with Gasteiger partial charge in [-0.1, -0.05) is 6.42 Å². The number of ether oxygens (including phenoxy) is 2. The van der Waals surface area contributed by atoms with E-state index in [1.165, 1.54) is 30.6 Å². The largest absolute Gasteiger partial charge is 0.383 e. The molecule has 2 rings (SSSR count). The van der Waals surface area contributed by atoms with E-state index in [-0.39, 0.29) is 6.04 Å². The average molecular weight is 326 g/mol.